The van der Waals surface area contributed by atoms with Crippen LogP contribution in [-0.2, 0) is 16.1 Å². The largest absolute Gasteiger partial charge is 0.383 e. The van der Waals surface area contributed by atoms with Crippen molar-refractivity contribution in [3.63, 3.8) is 0 Å². The zero-order chi connectivity index (χ0) is 21.6. The molecule has 1 atom stereocenters. The van der Waals surface area contributed by atoms with Crippen molar-refractivity contribution in [2.45, 2.75) is 39.2 Å². The number of nitrogen functional groups attached to an aromatic ring is 1. The minimum atomic E-state index is -0.723. The zero-order valence-corrected chi connectivity index (χ0v) is 16.9. The van der Waals surface area contributed by atoms with E-state index in [1.165, 1.54) is 28.7 Å². The number of hydrogen-bond donors (Lipinski definition) is 2. The molecule has 1 unspecified atom stereocenters. The van der Waals surface area contributed by atoms with Gasteiger partial charge in [-0.2, -0.15) is 0 Å². The molecule has 1 amide bonds. The Morgan fingerprint density at radius 2 is 1.97 bits per heavy atom. The number of carbonyl (C=O) groups excluding carboxylic acids is 1. The van der Waals surface area contributed by atoms with Gasteiger partial charge in [-0.3, -0.25) is 19.1 Å². The second kappa shape index (κ2) is 10.0. The standard InChI is InChI=1S/C20H27FN4O4/c1-4-9-25-18(22)17(19(27)23-20(25)28)24(10-11-29-3)16(26)12-13(2)14-5-7-15(21)8-6-14/h5-8,13H,4,9-12,22H2,1-3H3,(H,23,27,28). The summed E-state index contributed by atoms with van der Waals surface area (Å²) in [6.45, 7) is 4.30. The van der Waals surface area contributed by atoms with Crippen molar-refractivity contribution in [1.29, 1.82) is 0 Å². The van der Waals surface area contributed by atoms with Crippen LogP contribution in [0.1, 0.15) is 38.2 Å². The smallest absolute Gasteiger partial charge is 0.330 e. The number of benzene rings is 1. The SMILES string of the molecule is CCCn1c(N)c(N(CCOC)C(=O)CC(C)c2ccc(F)cc2)c(=O)[nH]c1=O. The van der Waals surface area contributed by atoms with Crippen LogP contribution in [-0.4, -0.2) is 35.7 Å². The van der Waals surface area contributed by atoms with Gasteiger partial charge in [0.2, 0.25) is 5.91 Å². The maximum Gasteiger partial charge on any atom is 0.330 e. The Bertz CT molecular complexity index is 952. The van der Waals surface area contributed by atoms with E-state index in [1.54, 1.807) is 12.1 Å². The molecule has 158 valence electrons. The lowest BCUT2D eigenvalue weighted by atomic mass is 9.97. The fourth-order valence-corrected chi connectivity index (χ4v) is 3.11. The number of nitrogens with zero attached hydrogens (tertiary/aromatic N) is 2. The van der Waals surface area contributed by atoms with Crippen LogP contribution >= 0.6 is 0 Å². The van der Waals surface area contributed by atoms with Crippen molar-refractivity contribution >= 4 is 17.4 Å². The van der Waals surface area contributed by atoms with Gasteiger partial charge in [0, 0.05) is 26.6 Å². The molecule has 1 heterocycles. The van der Waals surface area contributed by atoms with Crippen LogP contribution in [0.5, 0.6) is 0 Å². The van der Waals surface area contributed by atoms with Gasteiger partial charge < -0.3 is 15.4 Å². The molecule has 0 aliphatic rings. The lowest BCUT2D eigenvalue weighted by molar-refractivity contribution is -0.119. The van der Waals surface area contributed by atoms with E-state index in [2.05, 4.69) is 4.98 Å². The summed E-state index contributed by atoms with van der Waals surface area (Å²) in [6.07, 6.45) is 0.699. The molecule has 2 rings (SSSR count). The number of ether oxygens (including phenoxy) is 1. The molecular weight excluding hydrogens is 379 g/mol. The van der Waals surface area contributed by atoms with Crippen molar-refractivity contribution in [3.8, 4) is 0 Å². The number of methoxy groups -OCH3 is 1. The van der Waals surface area contributed by atoms with Crippen LogP contribution in [0.4, 0.5) is 15.9 Å². The molecule has 3 N–H and O–H groups in total. The van der Waals surface area contributed by atoms with Crippen LogP contribution in [0.2, 0.25) is 0 Å². The van der Waals surface area contributed by atoms with E-state index in [0.717, 1.165) is 5.56 Å². The van der Waals surface area contributed by atoms with Gasteiger partial charge in [0.15, 0.2) is 5.69 Å². The van der Waals surface area contributed by atoms with Crippen molar-refractivity contribution in [1.82, 2.24) is 9.55 Å². The Hall–Kier alpha value is -2.94. The molecule has 0 fully saturated rings. The molecule has 29 heavy (non-hydrogen) atoms. The molecule has 0 saturated carbocycles. The summed E-state index contributed by atoms with van der Waals surface area (Å²) in [5.41, 5.74) is 5.50. The molecule has 1 aromatic carbocycles. The number of halogens is 1. The summed E-state index contributed by atoms with van der Waals surface area (Å²) in [7, 11) is 1.48. The number of amides is 1. The van der Waals surface area contributed by atoms with Gasteiger partial charge in [0.1, 0.15) is 11.6 Å². The van der Waals surface area contributed by atoms with Gasteiger partial charge in [0.25, 0.3) is 5.56 Å². The second-order valence-corrected chi connectivity index (χ2v) is 6.84. The Kier molecular flexibility index (Phi) is 7.72. The summed E-state index contributed by atoms with van der Waals surface area (Å²) in [6, 6.07) is 5.91. The van der Waals surface area contributed by atoms with E-state index in [1.807, 2.05) is 13.8 Å². The monoisotopic (exact) mass is 406 g/mol. The van der Waals surface area contributed by atoms with Gasteiger partial charge in [-0.1, -0.05) is 26.0 Å². The molecule has 0 saturated heterocycles. The summed E-state index contributed by atoms with van der Waals surface area (Å²) in [4.78, 5) is 41.1. The number of rotatable bonds is 9. The van der Waals surface area contributed by atoms with E-state index in [-0.39, 0.29) is 48.7 Å². The Morgan fingerprint density at radius 1 is 1.31 bits per heavy atom. The summed E-state index contributed by atoms with van der Waals surface area (Å²) in [5, 5.41) is 0. The van der Waals surface area contributed by atoms with Crippen molar-refractivity contribution in [2.24, 2.45) is 0 Å². The number of anilines is 2. The molecule has 0 spiro atoms. The van der Waals surface area contributed by atoms with Gasteiger partial charge in [-0.05, 0) is 30.0 Å². The number of nitrogens with one attached hydrogen (secondary N) is 1. The molecular formula is C20H27FN4O4. The average molecular weight is 406 g/mol. The highest BCUT2D eigenvalue weighted by atomic mass is 19.1. The van der Waals surface area contributed by atoms with Gasteiger partial charge in [0.05, 0.1) is 6.61 Å². The Balaban J connectivity index is 2.39. The van der Waals surface area contributed by atoms with E-state index in [0.29, 0.717) is 13.0 Å². The minimum absolute atomic E-state index is 0.0560. The molecule has 2 aromatic rings. The van der Waals surface area contributed by atoms with Gasteiger partial charge in [-0.15, -0.1) is 0 Å². The van der Waals surface area contributed by atoms with E-state index < -0.39 is 11.2 Å². The van der Waals surface area contributed by atoms with Crippen LogP contribution in [0.25, 0.3) is 0 Å². The number of hydrogen-bond acceptors (Lipinski definition) is 5. The first kappa shape index (κ1) is 22.4. The first-order valence-corrected chi connectivity index (χ1v) is 9.47. The maximum absolute atomic E-state index is 13.2. The van der Waals surface area contributed by atoms with Crippen molar-refractivity contribution in [3.05, 3.63) is 56.5 Å². The maximum atomic E-state index is 13.2. The third kappa shape index (κ3) is 5.32. The third-order valence-corrected chi connectivity index (χ3v) is 4.67. The van der Waals surface area contributed by atoms with Crippen molar-refractivity contribution < 1.29 is 13.9 Å². The van der Waals surface area contributed by atoms with Crippen molar-refractivity contribution in [2.75, 3.05) is 30.9 Å². The number of aromatic nitrogens is 2. The zero-order valence-electron chi connectivity index (χ0n) is 16.9. The van der Waals surface area contributed by atoms with E-state index in [9.17, 15) is 18.8 Å². The highest BCUT2D eigenvalue weighted by Crippen LogP contribution is 2.24. The molecule has 0 bridgehead atoms. The molecule has 9 heteroatoms. The van der Waals surface area contributed by atoms with Gasteiger partial charge in [-0.25, -0.2) is 9.18 Å². The number of carbonyl (C=O) groups is 1. The predicted molar refractivity (Wildman–Crippen MR) is 110 cm³/mol. The fraction of sp³-hybridized carbons (Fsp3) is 0.450. The minimum Gasteiger partial charge on any atom is -0.383 e. The second-order valence-electron chi connectivity index (χ2n) is 6.84. The predicted octanol–water partition coefficient (Wildman–Crippen LogP) is 1.84. The normalized spacial score (nSPS) is 12.0. The van der Waals surface area contributed by atoms with Crippen LogP contribution in [0.15, 0.2) is 33.9 Å². The first-order valence-electron chi connectivity index (χ1n) is 9.47. The summed E-state index contributed by atoms with van der Waals surface area (Å²) >= 11 is 0. The van der Waals surface area contributed by atoms with Crippen LogP contribution in [0, 0.1) is 5.82 Å². The summed E-state index contributed by atoms with van der Waals surface area (Å²) in [5.74, 6) is -0.973. The number of aromatic amines is 1. The lowest BCUT2D eigenvalue weighted by Gasteiger charge is -2.25. The van der Waals surface area contributed by atoms with Crippen LogP contribution < -0.4 is 21.9 Å². The Morgan fingerprint density at radius 3 is 2.55 bits per heavy atom. The van der Waals surface area contributed by atoms with Gasteiger partial charge >= 0.3 is 5.69 Å². The number of nitrogens with two attached hydrogens (primary N) is 1. The highest BCUT2D eigenvalue weighted by molar-refractivity contribution is 5.96. The molecule has 8 nitrogen and oxygen atoms in total. The highest BCUT2D eigenvalue weighted by Gasteiger charge is 2.25. The van der Waals surface area contributed by atoms with Crippen LogP contribution in [0.3, 0.4) is 0 Å². The van der Waals surface area contributed by atoms with E-state index in [4.69, 9.17) is 10.5 Å². The first-order chi connectivity index (χ1) is 13.8. The average Bonchev–Trinajstić information content (AvgIpc) is 2.67. The lowest BCUT2D eigenvalue weighted by Crippen LogP contribution is -2.42. The topological polar surface area (TPSA) is 110 Å². The van der Waals surface area contributed by atoms with E-state index >= 15 is 0 Å². The summed E-state index contributed by atoms with van der Waals surface area (Å²) < 4.78 is 19.5. The molecule has 0 radical (unpaired) electrons. The fourth-order valence-electron chi connectivity index (χ4n) is 3.11. The molecule has 0 aliphatic carbocycles. The quantitative estimate of drug-likeness (QED) is 0.660. The third-order valence-electron chi connectivity index (χ3n) is 4.67. The molecule has 0 aliphatic heterocycles. The molecule has 1 aromatic heterocycles. The Labute approximate surface area is 168 Å². The number of H-pyrrole nitrogens is 1.